The van der Waals surface area contributed by atoms with E-state index in [0.29, 0.717) is 22.2 Å². The highest BCUT2D eigenvalue weighted by molar-refractivity contribution is 5.83. The predicted molar refractivity (Wildman–Crippen MR) is 47.8 cm³/mol. The molecule has 2 aromatic rings. The van der Waals surface area contributed by atoms with Gasteiger partial charge < -0.3 is 4.74 Å². The molecule has 0 spiro atoms. The summed E-state index contributed by atoms with van der Waals surface area (Å²) < 4.78 is 23.1. The Morgan fingerprint density at radius 3 is 2.29 bits per heavy atom. The molecule has 0 bridgehead atoms. The zero-order valence-electron chi connectivity index (χ0n) is 8.09. The van der Waals surface area contributed by atoms with Gasteiger partial charge >= 0.3 is 0 Å². The Morgan fingerprint density at radius 2 is 1.71 bits per heavy atom. The number of aryl methyl sites for hydroxylation is 2. The zero-order chi connectivity index (χ0) is 10.3. The summed E-state index contributed by atoms with van der Waals surface area (Å²) in [7, 11) is 1.42. The maximum Gasteiger partial charge on any atom is 0.170 e. The molecule has 0 atom stereocenters. The molecule has 0 unspecified atom stereocenters. The Hall–Kier alpha value is -1.65. The third kappa shape index (κ3) is 0.982. The van der Waals surface area contributed by atoms with Gasteiger partial charge in [0.25, 0.3) is 0 Å². The van der Waals surface area contributed by atoms with Crippen molar-refractivity contribution in [2.24, 2.45) is 0 Å². The summed E-state index contributed by atoms with van der Waals surface area (Å²) in [6.45, 7) is 3.33. The van der Waals surface area contributed by atoms with E-state index in [1.54, 1.807) is 13.8 Å². The van der Waals surface area contributed by atoms with Crippen LogP contribution in [-0.2, 0) is 0 Å². The molecule has 0 fully saturated rings. The quantitative estimate of drug-likeness (QED) is 0.699. The number of hydrogen-bond acceptors (Lipinski definition) is 4. The van der Waals surface area contributed by atoms with Crippen molar-refractivity contribution in [1.82, 2.24) is 10.3 Å². The first-order valence-corrected chi connectivity index (χ1v) is 4.11. The first-order chi connectivity index (χ1) is 6.66. The van der Waals surface area contributed by atoms with Gasteiger partial charge in [0.15, 0.2) is 11.6 Å². The van der Waals surface area contributed by atoms with Gasteiger partial charge in [-0.1, -0.05) is 0 Å². The Kier molecular flexibility index (Phi) is 1.87. The summed E-state index contributed by atoms with van der Waals surface area (Å²) in [5, 5.41) is 7.33. The zero-order valence-corrected chi connectivity index (χ0v) is 8.09. The summed E-state index contributed by atoms with van der Waals surface area (Å²) in [5.41, 5.74) is 1.98. The molecule has 14 heavy (non-hydrogen) atoms. The van der Waals surface area contributed by atoms with Gasteiger partial charge in [-0.3, -0.25) is 0 Å². The number of rotatable bonds is 1. The van der Waals surface area contributed by atoms with Crippen molar-refractivity contribution in [3.05, 3.63) is 16.9 Å². The molecule has 5 heteroatoms. The van der Waals surface area contributed by atoms with Gasteiger partial charge in [0.2, 0.25) is 0 Å². The fraction of sp³-hybridized carbons (Fsp3) is 0.333. The van der Waals surface area contributed by atoms with Crippen LogP contribution in [0.1, 0.15) is 11.1 Å². The second kappa shape index (κ2) is 2.94. The van der Waals surface area contributed by atoms with Crippen molar-refractivity contribution in [3.8, 4) is 5.75 Å². The van der Waals surface area contributed by atoms with Crippen LogP contribution in [0.25, 0.3) is 11.0 Å². The fourth-order valence-corrected chi connectivity index (χ4v) is 1.47. The van der Waals surface area contributed by atoms with Crippen molar-refractivity contribution in [2.75, 3.05) is 7.11 Å². The smallest absolute Gasteiger partial charge is 0.170 e. The molecule has 1 aromatic heterocycles. The van der Waals surface area contributed by atoms with Crippen LogP contribution in [0.15, 0.2) is 4.63 Å². The molecule has 74 valence electrons. The molecule has 0 radical (unpaired) electrons. The third-order valence-electron chi connectivity index (χ3n) is 2.27. The molecule has 0 aliphatic heterocycles. The summed E-state index contributed by atoms with van der Waals surface area (Å²) >= 11 is 0. The van der Waals surface area contributed by atoms with Crippen molar-refractivity contribution >= 4 is 11.0 Å². The maximum atomic E-state index is 13.6. The van der Waals surface area contributed by atoms with Gasteiger partial charge in [-0.2, -0.15) is 0 Å². The number of halogens is 1. The van der Waals surface area contributed by atoms with Crippen LogP contribution in [0.5, 0.6) is 5.75 Å². The van der Waals surface area contributed by atoms with E-state index in [1.165, 1.54) is 7.11 Å². The van der Waals surface area contributed by atoms with Crippen LogP contribution in [0.3, 0.4) is 0 Å². The van der Waals surface area contributed by atoms with Gasteiger partial charge in [-0.25, -0.2) is 9.02 Å². The monoisotopic (exact) mass is 196 g/mol. The number of benzene rings is 1. The van der Waals surface area contributed by atoms with Gasteiger partial charge in [0, 0.05) is 11.1 Å². The number of hydrogen-bond donors (Lipinski definition) is 0. The molecule has 0 aliphatic carbocycles. The topological polar surface area (TPSA) is 48.2 Å². The molecule has 4 nitrogen and oxygen atoms in total. The van der Waals surface area contributed by atoms with Gasteiger partial charge in [0.1, 0.15) is 11.0 Å². The van der Waals surface area contributed by atoms with Crippen LogP contribution < -0.4 is 4.74 Å². The van der Waals surface area contributed by atoms with E-state index in [0.717, 1.165) is 0 Å². The summed E-state index contributed by atoms with van der Waals surface area (Å²) in [6.07, 6.45) is 0. The summed E-state index contributed by atoms with van der Waals surface area (Å²) in [5.74, 6) is -0.209. The SMILES string of the molecule is COc1c(F)c(C)c2nonc2c1C. The maximum absolute atomic E-state index is 13.6. The lowest BCUT2D eigenvalue weighted by molar-refractivity contribution is 0.315. The Labute approximate surface area is 79.6 Å². The van der Waals surface area contributed by atoms with E-state index in [4.69, 9.17) is 4.74 Å². The minimum absolute atomic E-state index is 0.200. The Morgan fingerprint density at radius 1 is 1.14 bits per heavy atom. The lowest BCUT2D eigenvalue weighted by atomic mass is 10.1. The lowest BCUT2D eigenvalue weighted by Crippen LogP contribution is -1.96. The number of methoxy groups -OCH3 is 1. The average molecular weight is 196 g/mol. The second-order valence-corrected chi connectivity index (χ2v) is 3.06. The molecule has 0 saturated heterocycles. The molecule has 1 aromatic carbocycles. The van der Waals surface area contributed by atoms with Crippen molar-refractivity contribution in [3.63, 3.8) is 0 Å². The first kappa shape index (κ1) is 8.93. The molecular weight excluding hydrogens is 187 g/mol. The van der Waals surface area contributed by atoms with Crippen molar-refractivity contribution in [1.29, 1.82) is 0 Å². The summed E-state index contributed by atoms with van der Waals surface area (Å²) in [4.78, 5) is 0. The normalized spacial score (nSPS) is 10.9. The first-order valence-electron chi connectivity index (χ1n) is 4.11. The molecule has 2 rings (SSSR count). The van der Waals surface area contributed by atoms with Crippen LogP contribution in [-0.4, -0.2) is 17.4 Å². The Bertz CT molecular complexity index is 493. The number of ether oxygens (including phenoxy) is 1. The largest absolute Gasteiger partial charge is 0.493 e. The number of nitrogens with zero attached hydrogens (tertiary/aromatic N) is 2. The third-order valence-corrected chi connectivity index (χ3v) is 2.27. The predicted octanol–water partition coefficient (Wildman–Crippen LogP) is 1.99. The summed E-state index contributed by atoms with van der Waals surface area (Å²) in [6, 6.07) is 0. The molecule has 1 heterocycles. The molecular formula is C9H9FN2O2. The van der Waals surface area contributed by atoms with E-state index in [-0.39, 0.29) is 5.75 Å². The van der Waals surface area contributed by atoms with Crippen LogP contribution in [0.2, 0.25) is 0 Å². The number of fused-ring (bicyclic) bond motifs is 1. The molecule has 0 N–H and O–H groups in total. The second-order valence-electron chi connectivity index (χ2n) is 3.06. The van der Waals surface area contributed by atoms with Gasteiger partial charge in [-0.15, -0.1) is 0 Å². The van der Waals surface area contributed by atoms with Crippen LogP contribution in [0.4, 0.5) is 4.39 Å². The van der Waals surface area contributed by atoms with E-state index >= 15 is 0 Å². The van der Waals surface area contributed by atoms with Gasteiger partial charge in [0.05, 0.1) is 7.11 Å². The molecule has 0 amide bonds. The fourth-order valence-electron chi connectivity index (χ4n) is 1.47. The average Bonchev–Trinajstić information content (AvgIpc) is 2.64. The van der Waals surface area contributed by atoms with Gasteiger partial charge in [-0.05, 0) is 24.2 Å². The van der Waals surface area contributed by atoms with Crippen molar-refractivity contribution in [2.45, 2.75) is 13.8 Å². The van der Waals surface area contributed by atoms with Crippen molar-refractivity contribution < 1.29 is 13.8 Å². The minimum atomic E-state index is -0.409. The number of aromatic nitrogens is 2. The lowest BCUT2D eigenvalue weighted by Gasteiger charge is -2.07. The standard InChI is InChI=1S/C9H9FN2O2/c1-4-6(10)9(13-3)5(2)8-7(4)11-14-12-8/h1-3H3. The minimum Gasteiger partial charge on any atom is -0.493 e. The highest BCUT2D eigenvalue weighted by Crippen LogP contribution is 2.31. The highest BCUT2D eigenvalue weighted by atomic mass is 19.1. The molecule has 0 saturated carbocycles. The van der Waals surface area contributed by atoms with Crippen LogP contribution in [0, 0.1) is 19.7 Å². The van der Waals surface area contributed by atoms with E-state index in [9.17, 15) is 4.39 Å². The van der Waals surface area contributed by atoms with E-state index in [2.05, 4.69) is 14.9 Å². The van der Waals surface area contributed by atoms with Crippen LogP contribution >= 0.6 is 0 Å². The molecule has 0 aliphatic rings. The Balaban J connectivity index is 2.94. The highest BCUT2D eigenvalue weighted by Gasteiger charge is 2.18. The van der Waals surface area contributed by atoms with E-state index < -0.39 is 5.82 Å². The van der Waals surface area contributed by atoms with E-state index in [1.807, 2.05) is 0 Å².